The first kappa shape index (κ1) is 14.0. The van der Waals surface area contributed by atoms with Gasteiger partial charge >= 0.3 is 0 Å². The van der Waals surface area contributed by atoms with E-state index < -0.39 is 16.6 Å². The third-order valence-corrected chi connectivity index (χ3v) is 4.20. The summed E-state index contributed by atoms with van der Waals surface area (Å²) >= 11 is 0. The second kappa shape index (κ2) is 6.12. The van der Waals surface area contributed by atoms with Gasteiger partial charge in [0.1, 0.15) is 5.82 Å². The Morgan fingerprint density at radius 2 is 2.11 bits per heavy atom. The standard InChI is InChI=1S/C12H16FN3O2S/c13-9-1-2-11(10(14)7-9)15-12(17)8-16-3-5-19(18)6-4-16/h1-2,7H,3-6,8,14H2,(H,15,17). The molecule has 0 spiro atoms. The number of carbonyl (C=O) groups excluding carboxylic acids is 1. The van der Waals surface area contributed by atoms with Crippen molar-refractivity contribution in [2.24, 2.45) is 0 Å². The SMILES string of the molecule is Nc1cc(F)ccc1NC(=O)CN1CCS(=O)CC1. The summed E-state index contributed by atoms with van der Waals surface area (Å²) in [6.45, 7) is 1.53. The zero-order valence-electron chi connectivity index (χ0n) is 10.4. The lowest BCUT2D eigenvalue weighted by Crippen LogP contribution is -2.42. The molecule has 5 nitrogen and oxygen atoms in total. The van der Waals surface area contributed by atoms with Gasteiger partial charge in [-0.15, -0.1) is 0 Å². The van der Waals surface area contributed by atoms with Crippen LogP contribution in [-0.2, 0) is 15.6 Å². The third-order valence-electron chi connectivity index (χ3n) is 2.93. The van der Waals surface area contributed by atoms with Crippen LogP contribution in [0.1, 0.15) is 0 Å². The van der Waals surface area contributed by atoms with Gasteiger partial charge in [-0.3, -0.25) is 13.9 Å². The van der Waals surface area contributed by atoms with Crippen molar-refractivity contribution in [1.29, 1.82) is 0 Å². The summed E-state index contributed by atoms with van der Waals surface area (Å²) in [6, 6.07) is 3.85. The molecule has 1 aromatic rings. The van der Waals surface area contributed by atoms with Gasteiger partial charge in [-0.2, -0.15) is 0 Å². The molecule has 0 unspecified atom stereocenters. The summed E-state index contributed by atoms with van der Waals surface area (Å²) < 4.78 is 24.1. The van der Waals surface area contributed by atoms with Crippen molar-refractivity contribution < 1.29 is 13.4 Å². The minimum absolute atomic E-state index is 0.202. The Morgan fingerprint density at radius 3 is 2.74 bits per heavy atom. The van der Waals surface area contributed by atoms with Crippen LogP contribution >= 0.6 is 0 Å². The molecule has 0 saturated carbocycles. The zero-order chi connectivity index (χ0) is 13.8. The molecule has 1 aliphatic rings. The number of nitrogens with zero attached hydrogens (tertiary/aromatic N) is 1. The van der Waals surface area contributed by atoms with E-state index in [0.29, 0.717) is 30.3 Å². The number of nitrogens with two attached hydrogens (primary N) is 1. The molecule has 1 amide bonds. The number of hydrogen-bond acceptors (Lipinski definition) is 4. The summed E-state index contributed by atoms with van der Waals surface area (Å²) in [5, 5.41) is 2.65. The fourth-order valence-corrected chi connectivity index (χ4v) is 3.00. The molecule has 2 rings (SSSR count). The van der Waals surface area contributed by atoms with E-state index in [0.717, 1.165) is 0 Å². The highest BCUT2D eigenvalue weighted by atomic mass is 32.2. The molecule has 0 bridgehead atoms. The van der Waals surface area contributed by atoms with E-state index in [-0.39, 0.29) is 18.1 Å². The average molecular weight is 285 g/mol. The quantitative estimate of drug-likeness (QED) is 0.789. The zero-order valence-corrected chi connectivity index (χ0v) is 11.2. The highest BCUT2D eigenvalue weighted by molar-refractivity contribution is 7.85. The minimum Gasteiger partial charge on any atom is -0.397 e. The van der Waals surface area contributed by atoms with E-state index in [2.05, 4.69) is 5.32 Å². The molecule has 19 heavy (non-hydrogen) atoms. The van der Waals surface area contributed by atoms with Crippen molar-refractivity contribution in [3.05, 3.63) is 24.0 Å². The average Bonchev–Trinajstić information content (AvgIpc) is 2.36. The number of amides is 1. The molecule has 0 aromatic heterocycles. The molecular weight excluding hydrogens is 269 g/mol. The summed E-state index contributed by atoms with van der Waals surface area (Å²) in [5.41, 5.74) is 6.22. The fraction of sp³-hybridized carbons (Fsp3) is 0.417. The van der Waals surface area contributed by atoms with Crippen LogP contribution in [0.4, 0.5) is 15.8 Å². The summed E-state index contributed by atoms with van der Waals surface area (Å²) in [7, 11) is -0.755. The number of anilines is 2. The van der Waals surface area contributed by atoms with Gasteiger partial charge in [-0.25, -0.2) is 4.39 Å². The van der Waals surface area contributed by atoms with Crippen LogP contribution in [0.15, 0.2) is 18.2 Å². The van der Waals surface area contributed by atoms with E-state index >= 15 is 0 Å². The number of hydrogen-bond donors (Lipinski definition) is 2. The third kappa shape index (κ3) is 4.00. The normalized spacial score (nSPS) is 17.3. The molecule has 3 N–H and O–H groups in total. The number of halogens is 1. The van der Waals surface area contributed by atoms with E-state index in [1.807, 2.05) is 4.90 Å². The summed E-state index contributed by atoms with van der Waals surface area (Å²) in [6.07, 6.45) is 0. The maximum absolute atomic E-state index is 12.9. The number of carbonyl (C=O) groups is 1. The first-order valence-electron chi connectivity index (χ1n) is 5.97. The second-order valence-electron chi connectivity index (χ2n) is 4.40. The van der Waals surface area contributed by atoms with Crippen molar-refractivity contribution in [2.75, 3.05) is 42.2 Å². The van der Waals surface area contributed by atoms with Gasteiger partial charge < -0.3 is 11.1 Å². The lowest BCUT2D eigenvalue weighted by molar-refractivity contribution is -0.117. The topological polar surface area (TPSA) is 75.4 Å². The van der Waals surface area contributed by atoms with E-state index in [1.165, 1.54) is 18.2 Å². The Labute approximate surface area is 113 Å². The molecule has 1 fully saturated rings. The molecular formula is C12H16FN3O2S. The van der Waals surface area contributed by atoms with Crippen molar-refractivity contribution in [1.82, 2.24) is 4.90 Å². The molecule has 1 heterocycles. The van der Waals surface area contributed by atoms with Crippen LogP contribution in [-0.4, -0.2) is 46.2 Å². The fourth-order valence-electron chi connectivity index (χ4n) is 1.87. The Morgan fingerprint density at radius 1 is 1.42 bits per heavy atom. The van der Waals surface area contributed by atoms with Crippen molar-refractivity contribution in [3.63, 3.8) is 0 Å². The van der Waals surface area contributed by atoms with Crippen LogP contribution < -0.4 is 11.1 Å². The largest absolute Gasteiger partial charge is 0.397 e. The van der Waals surface area contributed by atoms with Crippen molar-refractivity contribution in [3.8, 4) is 0 Å². The highest BCUT2D eigenvalue weighted by Gasteiger charge is 2.17. The van der Waals surface area contributed by atoms with Crippen molar-refractivity contribution >= 4 is 28.1 Å². The number of rotatable bonds is 3. The van der Waals surface area contributed by atoms with Gasteiger partial charge in [0.05, 0.1) is 17.9 Å². The number of nitrogen functional groups attached to an aromatic ring is 1. The van der Waals surface area contributed by atoms with Crippen LogP contribution in [0, 0.1) is 5.82 Å². The number of nitrogens with one attached hydrogen (secondary N) is 1. The van der Waals surface area contributed by atoms with Crippen LogP contribution in [0.3, 0.4) is 0 Å². The predicted molar refractivity (Wildman–Crippen MR) is 73.8 cm³/mol. The monoisotopic (exact) mass is 285 g/mol. The Hall–Kier alpha value is -1.47. The van der Waals surface area contributed by atoms with Crippen LogP contribution in [0.2, 0.25) is 0 Å². The minimum atomic E-state index is -0.755. The molecule has 1 saturated heterocycles. The van der Waals surface area contributed by atoms with E-state index in [1.54, 1.807) is 0 Å². The summed E-state index contributed by atoms with van der Waals surface area (Å²) in [5.74, 6) is 0.567. The van der Waals surface area contributed by atoms with E-state index in [4.69, 9.17) is 5.73 Å². The number of benzene rings is 1. The molecule has 7 heteroatoms. The lowest BCUT2D eigenvalue weighted by Gasteiger charge is -2.25. The van der Waals surface area contributed by atoms with Gasteiger partial charge in [0.15, 0.2) is 0 Å². The summed E-state index contributed by atoms with van der Waals surface area (Å²) in [4.78, 5) is 13.8. The Balaban J connectivity index is 1.89. The van der Waals surface area contributed by atoms with Gasteiger partial charge in [0.25, 0.3) is 0 Å². The lowest BCUT2D eigenvalue weighted by atomic mass is 10.2. The van der Waals surface area contributed by atoms with Gasteiger partial charge in [-0.05, 0) is 18.2 Å². The molecule has 0 atom stereocenters. The molecule has 104 valence electrons. The molecule has 0 radical (unpaired) electrons. The molecule has 1 aromatic carbocycles. The Bertz CT molecular complexity index is 500. The van der Waals surface area contributed by atoms with Crippen molar-refractivity contribution in [2.45, 2.75) is 0 Å². The molecule has 0 aliphatic carbocycles. The maximum atomic E-state index is 12.9. The van der Waals surface area contributed by atoms with Gasteiger partial charge in [0, 0.05) is 35.4 Å². The van der Waals surface area contributed by atoms with Crippen LogP contribution in [0.5, 0.6) is 0 Å². The smallest absolute Gasteiger partial charge is 0.238 e. The first-order chi connectivity index (χ1) is 9.04. The maximum Gasteiger partial charge on any atom is 0.238 e. The first-order valence-corrected chi connectivity index (χ1v) is 7.45. The Kier molecular flexibility index (Phi) is 4.49. The van der Waals surface area contributed by atoms with Gasteiger partial charge in [0.2, 0.25) is 5.91 Å². The predicted octanol–water partition coefficient (Wildman–Crippen LogP) is 0.411. The second-order valence-corrected chi connectivity index (χ2v) is 6.10. The van der Waals surface area contributed by atoms with E-state index in [9.17, 15) is 13.4 Å². The van der Waals surface area contributed by atoms with Gasteiger partial charge in [-0.1, -0.05) is 0 Å². The van der Waals surface area contributed by atoms with Crippen LogP contribution in [0.25, 0.3) is 0 Å². The highest BCUT2D eigenvalue weighted by Crippen LogP contribution is 2.18. The molecule has 1 aliphatic heterocycles.